The minimum atomic E-state index is -1.41. The third kappa shape index (κ3) is 2.91. The van der Waals surface area contributed by atoms with Crippen molar-refractivity contribution in [1.82, 2.24) is 0 Å². The fraction of sp³-hybridized carbons (Fsp3) is 0.143. The van der Waals surface area contributed by atoms with Crippen LogP contribution in [-0.2, 0) is 11.3 Å². The van der Waals surface area contributed by atoms with Gasteiger partial charge in [-0.1, -0.05) is 36.4 Å². The van der Waals surface area contributed by atoms with E-state index in [4.69, 9.17) is 4.74 Å². The van der Waals surface area contributed by atoms with E-state index < -0.39 is 17.9 Å². The number of halogens is 2. The Morgan fingerprint density at radius 1 is 0.944 bits per heavy atom. The van der Waals surface area contributed by atoms with Crippen LogP contribution in [0.3, 0.4) is 0 Å². The molecule has 0 saturated heterocycles. The highest BCUT2D eigenvalue weighted by Crippen LogP contribution is 2.19. The molecule has 0 fully saturated rings. The first-order valence-electron chi connectivity index (χ1n) is 5.46. The number of hydrogen-bond donors (Lipinski definition) is 1. The third-order valence-corrected chi connectivity index (χ3v) is 2.53. The minimum absolute atomic E-state index is 0.0360. The summed E-state index contributed by atoms with van der Waals surface area (Å²) in [7, 11) is 0. The standard InChI is InChI=1S/C14H12F2O2/c15-12-7-3-1-5-10(12)9-18-14(17)11-6-2-4-8-13(11)16/h1-8,14,17H,9H2. The Balaban J connectivity index is 2.03. The van der Waals surface area contributed by atoms with Crippen molar-refractivity contribution < 1.29 is 18.6 Å². The van der Waals surface area contributed by atoms with Gasteiger partial charge in [0.25, 0.3) is 0 Å². The van der Waals surface area contributed by atoms with Crippen molar-refractivity contribution in [2.45, 2.75) is 12.9 Å². The van der Waals surface area contributed by atoms with Crippen molar-refractivity contribution in [3.63, 3.8) is 0 Å². The molecule has 0 aliphatic rings. The molecule has 1 N–H and O–H groups in total. The maximum Gasteiger partial charge on any atom is 0.184 e. The van der Waals surface area contributed by atoms with Crippen molar-refractivity contribution >= 4 is 0 Å². The van der Waals surface area contributed by atoms with Crippen molar-refractivity contribution in [2.24, 2.45) is 0 Å². The lowest BCUT2D eigenvalue weighted by Crippen LogP contribution is -2.06. The SMILES string of the molecule is OC(OCc1ccccc1F)c1ccccc1F. The third-order valence-electron chi connectivity index (χ3n) is 2.53. The van der Waals surface area contributed by atoms with Gasteiger partial charge in [0.2, 0.25) is 0 Å². The van der Waals surface area contributed by atoms with Gasteiger partial charge in [0, 0.05) is 11.1 Å². The van der Waals surface area contributed by atoms with Gasteiger partial charge >= 0.3 is 0 Å². The first kappa shape index (κ1) is 12.7. The lowest BCUT2D eigenvalue weighted by molar-refractivity contribution is -0.114. The van der Waals surface area contributed by atoms with Gasteiger partial charge in [-0.15, -0.1) is 0 Å². The molecular weight excluding hydrogens is 238 g/mol. The first-order chi connectivity index (χ1) is 8.68. The molecule has 0 aliphatic heterocycles. The Morgan fingerprint density at radius 3 is 2.22 bits per heavy atom. The molecule has 0 heterocycles. The lowest BCUT2D eigenvalue weighted by atomic mass is 10.2. The van der Waals surface area contributed by atoms with Gasteiger partial charge in [0.15, 0.2) is 6.29 Å². The van der Waals surface area contributed by atoms with Crippen LogP contribution in [0.2, 0.25) is 0 Å². The van der Waals surface area contributed by atoms with Gasteiger partial charge in [0.1, 0.15) is 11.6 Å². The Bertz CT molecular complexity index is 529. The second-order valence-electron chi connectivity index (χ2n) is 3.78. The zero-order valence-corrected chi connectivity index (χ0v) is 9.51. The van der Waals surface area contributed by atoms with Crippen LogP contribution in [0.4, 0.5) is 8.78 Å². The second-order valence-corrected chi connectivity index (χ2v) is 3.78. The van der Waals surface area contributed by atoms with Crippen LogP contribution < -0.4 is 0 Å². The fourth-order valence-corrected chi connectivity index (χ4v) is 1.55. The predicted molar refractivity (Wildman–Crippen MR) is 62.5 cm³/mol. The van der Waals surface area contributed by atoms with E-state index in [9.17, 15) is 13.9 Å². The predicted octanol–water partition coefficient (Wildman–Crippen LogP) is 3.17. The molecule has 1 unspecified atom stereocenters. The zero-order chi connectivity index (χ0) is 13.0. The zero-order valence-electron chi connectivity index (χ0n) is 9.51. The topological polar surface area (TPSA) is 29.5 Å². The van der Waals surface area contributed by atoms with Crippen LogP contribution in [0, 0.1) is 11.6 Å². The number of aliphatic hydroxyl groups is 1. The van der Waals surface area contributed by atoms with Crippen LogP contribution in [0.25, 0.3) is 0 Å². The highest BCUT2D eigenvalue weighted by molar-refractivity contribution is 5.19. The molecule has 2 nitrogen and oxygen atoms in total. The van der Waals surface area contributed by atoms with Crippen LogP contribution in [0.1, 0.15) is 17.4 Å². The second kappa shape index (κ2) is 5.71. The summed E-state index contributed by atoms with van der Waals surface area (Å²) in [5.41, 5.74) is 0.349. The number of ether oxygens (including phenoxy) is 1. The summed E-state index contributed by atoms with van der Waals surface area (Å²) in [6.07, 6.45) is -1.41. The van der Waals surface area contributed by atoms with E-state index in [0.29, 0.717) is 5.56 Å². The molecule has 4 heteroatoms. The smallest absolute Gasteiger partial charge is 0.184 e. The van der Waals surface area contributed by atoms with Crippen LogP contribution >= 0.6 is 0 Å². The number of benzene rings is 2. The van der Waals surface area contributed by atoms with E-state index in [1.54, 1.807) is 24.3 Å². The van der Waals surface area contributed by atoms with Crippen molar-refractivity contribution in [3.8, 4) is 0 Å². The summed E-state index contributed by atoms with van der Waals surface area (Å²) in [4.78, 5) is 0. The summed E-state index contributed by atoms with van der Waals surface area (Å²) in [5, 5.41) is 9.67. The highest BCUT2D eigenvalue weighted by Gasteiger charge is 2.13. The average molecular weight is 250 g/mol. The molecule has 0 aliphatic carbocycles. The van der Waals surface area contributed by atoms with Gasteiger partial charge in [-0.05, 0) is 12.1 Å². The first-order valence-corrected chi connectivity index (χ1v) is 5.46. The monoisotopic (exact) mass is 250 g/mol. The Hall–Kier alpha value is -1.78. The molecule has 0 radical (unpaired) electrons. The Kier molecular flexibility index (Phi) is 4.02. The van der Waals surface area contributed by atoms with Crippen LogP contribution in [-0.4, -0.2) is 5.11 Å². The van der Waals surface area contributed by atoms with Gasteiger partial charge in [-0.25, -0.2) is 8.78 Å². The van der Waals surface area contributed by atoms with Crippen LogP contribution in [0.5, 0.6) is 0 Å². The summed E-state index contributed by atoms with van der Waals surface area (Å²) in [6.45, 7) is -0.123. The van der Waals surface area contributed by atoms with Gasteiger partial charge in [-0.3, -0.25) is 0 Å². The largest absolute Gasteiger partial charge is 0.364 e. The maximum atomic E-state index is 13.3. The molecule has 2 rings (SSSR count). The molecule has 18 heavy (non-hydrogen) atoms. The van der Waals surface area contributed by atoms with Gasteiger partial charge in [-0.2, -0.15) is 0 Å². The van der Waals surface area contributed by atoms with E-state index in [1.807, 2.05) is 0 Å². The van der Waals surface area contributed by atoms with Crippen LogP contribution in [0.15, 0.2) is 48.5 Å². The normalized spacial score (nSPS) is 12.4. The number of rotatable bonds is 4. The number of aliphatic hydroxyl groups excluding tert-OH is 1. The molecule has 2 aromatic carbocycles. The summed E-state index contributed by atoms with van der Waals surface area (Å²) in [6, 6.07) is 11.8. The van der Waals surface area contributed by atoms with E-state index in [1.165, 1.54) is 24.3 Å². The molecule has 1 atom stereocenters. The molecule has 0 saturated carbocycles. The lowest BCUT2D eigenvalue weighted by Gasteiger charge is -2.13. The molecule has 0 bridgehead atoms. The average Bonchev–Trinajstić information content (AvgIpc) is 2.38. The molecule has 0 aromatic heterocycles. The van der Waals surface area contributed by atoms with E-state index in [-0.39, 0.29) is 12.2 Å². The van der Waals surface area contributed by atoms with Gasteiger partial charge in [0.05, 0.1) is 6.61 Å². The molecule has 94 valence electrons. The Morgan fingerprint density at radius 2 is 1.56 bits per heavy atom. The quantitative estimate of drug-likeness (QED) is 0.844. The molecule has 0 amide bonds. The summed E-state index contributed by atoms with van der Waals surface area (Å²) in [5.74, 6) is -0.975. The Labute approximate surface area is 103 Å². The van der Waals surface area contributed by atoms with E-state index in [2.05, 4.69) is 0 Å². The van der Waals surface area contributed by atoms with E-state index >= 15 is 0 Å². The molecule has 0 spiro atoms. The van der Waals surface area contributed by atoms with Crippen molar-refractivity contribution in [1.29, 1.82) is 0 Å². The van der Waals surface area contributed by atoms with Gasteiger partial charge < -0.3 is 9.84 Å². The summed E-state index contributed by atoms with van der Waals surface area (Å²) >= 11 is 0. The highest BCUT2D eigenvalue weighted by atomic mass is 19.1. The minimum Gasteiger partial charge on any atom is -0.364 e. The van der Waals surface area contributed by atoms with Crippen molar-refractivity contribution in [2.75, 3.05) is 0 Å². The maximum absolute atomic E-state index is 13.3. The van der Waals surface area contributed by atoms with Crippen molar-refractivity contribution in [3.05, 3.63) is 71.3 Å². The molecular formula is C14H12F2O2. The summed E-state index contributed by atoms with van der Waals surface area (Å²) < 4.78 is 31.7. The van der Waals surface area contributed by atoms with E-state index in [0.717, 1.165) is 0 Å². The fourth-order valence-electron chi connectivity index (χ4n) is 1.55. The molecule has 2 aromatic rings. The number of hydrogen-bond acceptors (Lipinski definition) is 2.